The quantitative estimate of drug-likeness (QED) is 0.923. The first kappa shape index (κ1) is 13.8. The Labute approximate surface area is 117 Å². The first-order valence-corrected chi connectivity index (χ1v) is 5.91. The Kier molecular flexibility index (Phi) is 4.34. The molecule has 0 saturated carbocycles. The van der Waals surface area contributed by atoms with E-state index in [0.717, 1.165) is 25.1 Å². The molecular formula is C12H15ClN4O2. The number of rotatable bonds is 3. The van der Waals surface area contributed by atoms with Gasteiger partial charge in [0.1, 0.15) is 0 Å². The molecule has 0 bridgehead atoms. The van der Waals surface area contributed by atoms with Crippen LogP contribution in [0.15, 0.2) is 22.9 Å². The third-order valence-electron chi connectivity index (χ3n) is 3.05. The molecule has 1 saturated heterocycles. The molecule has 0 aromatic carbocycles. The fourth-order valence-corrected chi connectivity index (χ4v) is 2.02. The van der Waals surface area contributed by atoms with Gasteiger partial charge in [-0.25, -0.2) is 4.98 Å². The van der Waals surface area contributed by atoms with Crippen LogP contribution in [0.2, 0.25) is 0 Å². The van der Waals surface area contributed by atoms with Gasteiger partial charge < -0.3 is 14.6 Å². The van der Waals surface area contributed by atoms with Crippen molar-refractivity contribution >= 4 is 12.4 Å². The third-order valence-corrected chi connectivity index (χ3v) is 3.05. The van der Waals surface area contributed by atoms with Crippen LogP contribution in [0.3, 0.4) is 0 Å². The zero-order valence-electron chi connectivity index (χ0n) is 10.5. The summed E-state index contributed by atoms with van der Waals surface area (Å²) in [5, 5.41) is 7.27. The van der Waals surface area contributed by atoms with Gasteiger partial charge in [0.25, 0.3) is 0 Å². The molecule has 3 heterocycles. The molecule has 0 spiro atoms. The van der Waals surface area contributed by atoms with Crippen LogP contribution < -0.4 is 10.1 Å². The average molecular weight is 283 g/mol. The lowest BCUT2D eigenvalue weighted by molar-refractivity contribution is 0.359. The molecule has 1 aliphatic heterocycles. The van der Waals surface area contributed by atoms with E-state index in [1.807, 2.05) is 6.07 Å². The van der Waals surface area contributed by atoms with Gasteiger partial charge in [0.2, 0.25) is 17.6 Å². The number of aromatic nitrogens is 3. The number of pyridine rings is 1. The predicted octanol–water partition coefficient (Wildman–Crippen LogP) is 1.64. The maximum absolute atomic E-state index is 5.30. The van der Waals surface area contributed by atoms with Gasteiger partial charge in [0.15, 0.2) is 0 Å². The van der Waals surface area contributed by atoms with Gasteiger partial charge >= 0.3 is 0 Å². The first-order valence-electron chi connectivity index (χ1n) is 5.91. The van der Waals surface area contributed by atoms with E-state index in [1.165, 1.54) is 0 Å². The number of hydrogen-bond acceptors (Lipinski definition) is 6. The molecule has 3 rings (SSSR count). The smallest absolute Gasteiger partial charge is 0.231 e. The molecule has 1 N–H and O–H groups in total. The molecule has 0 aliphatic carbocycles. The van der Waals surface area contributed by atoms with Crippen molar-refractivity contribution in [1.82, 2.24) is 20.4 Å². The number of ether oxygens (including phenoxy) is 1. The maximum Gasteiger partial charge on any atom is 0.231 e. The Bertz CT molecular complexity index is 523. The standard InChI is InChI=1S/C12H14N4O2.ClH/c1-17-10-3-2-8(7-14-10)11-15-12(18-16-11)9-4-5-13-6-9;/h2-3,7,9,13H,4-6H2,1H3;1H. The molecule has 1 aliphatic rings. The number of methoxy groups -OCH3 is 1. The van der Waals surface area contributed by atoms with Gasteiger partial charge in [-0.15, -0.1) is 12.4 Å². The van der Waals surface area contributed by atoms with Gasteiger partial charge in [0.05, 0.1) is 13.0 Å². The van der Waals surface area contributed by atoms with Crippen molar-refractivity contribution in [2.45, 2.75) is 12.3 Å². The van der Waals surface area contributed by atoms with E-state index in [2.05, 4.69) is 20.4 Å². The fourth-order valence-electron chi connectivity index (χ4n) is 2.02. The number of halogens is 1. The van der Waals surface area contributed by atoms with Crippen molar-refractivity contribution in [3.63, 3.8) is 0 Å². The van der Waals surface area contributed by atoms with Crippen molar-refractivity contribution < 1.29 is 9.26 Å². The van der Waals surface area contributed by atoms with Crippen LogP contribution >= 0.6 is 12.4 Å². The highest BCUT2D eigenvalue weighted by atomic mass is 35.5. The molecule has 1 fully saturated rings. The van der Waals surface area contributed by atoms with E-state index in [0.29, 0.717) is 23.5 Å². The van der Waals surface area contributed by atoms with E-state index in [-0.39, 0.29) is 12.4 Å². The van der Waals surface area contributed by atoms with Crippen LogP contribution in [0.4, 0.5) is 0 Å². The minimum absolute atomic E-state index is 0. The average Bonchev–Trinajstić information content (AvgIpc) is 3.09. The van der Waals surface area contributed by atoms with Gasteiger partial charge in [-0.2, -0.15) is 4.98 Å². The monoisotopic (exact) mass is 282 g/mol. The minimum Gasteiger partial charge on any atom is -0.481 e. The Hall–Kier alpha value is -1.66. The molecule has 102 valence electrons. The summed E-state index contributed by atoms with van der Waals surface area (Å²) in [5.41, 5.74) is 0.830. The number of nitrogens with one attached hydrogen (secondary N) is 1. The summed E-state index contributed by atoms with van der Waals surface area (Å²) in [5.74, 6) is 2.18. The largest absolute Gasteiger partial charge is 0.481 e. The molecule has 19 heavy (non-hydrogen) atoms. The van der Waals surface area contributed by atoms with Gasteiger partial charge in [0, 0.05) is 24.4 Å². The lowest BCUT2D eigenvalue weighted by Crippen LogP contribution is -2.08. The Balaban J connectivity index is 0.00000133. The van der Waals surface area contributed by atoms with Crippen molar-refractivity contribution in [2.75, 3.05) is 20.2 Å². The number of nitrogens with zero attached hydrogens (tertiary/aromatic N) is 3. The highest BCUT2D eigenvalue weighted by molar-refractivity contribution is 5.85. The third kappa shape index (κ3) is 2.85. The highest BCUT2D eigenvalue weighted by Crippen LogP contribution is 2.23. The van der Waals surface area contributed by atoms with Gasteiger partial charge in [-0.05, 0) is 19.0 Å². The topological polar surface area (TPSA) is 73.1 Å². The zero-order chi connectivity index (χ0) is 12.4. The van der Waals surface area contributed by atoms with Crippen LogP contribution in [0.1, 0.15) is 18.2 Å². The summed E-state index contributed by atoms with van der Waals surface area (Å²) in [4.78, 5) is 8.54. The summed E-state index contributed by atoms with van der Waals surface area (Å²) >= 11 is 0. The Morgan fingerprint density at radius 2 is 2.32 bits per heavy atom. The van der Waals surface area contributed by atoms with Crippen molar-refractivity contribution in [2.24, 2.45) is 0 Å². The maximum atomic E-state index is 5.30. The minimum atomic E-state index is 0. The van der Waals surface area contributed by atoms with Crippen molar-refractivity contribution in [3.05, 3.63) is 24.2 Å². The second-order valence-corrected chi connectivity index (χ2v) is 4.24. The summed E-state index contributed by atoms with van der Waals surface area (Å²) in [6, 6.07) is 3.65. The summed E-state index contributed by atoms with van der Waals surface area (Å²) in [6.07, 6.45) is 2.73. The van der Waals surface area contributed by atoms with Crippen molar-refractivity contribution in [3.8, 4) is 17.3 Å². The molecule has 1 unspecified atom stereocenters. The van der Waals surface area contributed by atoms with E-state index in [9.17, 15) is 0 Å². The fraction of sp³-hybridized carbons (Fsp3) is 0.417. The van der Waals surface area contributed by atoms with E-state index in [1.54, 1.807) is 19.4 Å². The molecule has 0 amide bonds. The second-order valence-electron chi connectivity index (χ2n) is 4.24. The lowest BCUT2D eigenvalue weighted by Gasteiger charge is -1.99. The summed E-state index contributed by atoms with van der Waals surface area (Å²) < 4.78 is 10.3. The molecule has 6 nitrogen and oxygen atoms in total. The van der Waals surface area contributed by atoms with E-state index < -0.39 is 0 Å². The number of hydrogen-bond donors (Lipinski definition) is 1. The van der Waals surface area contributed by atoms with Crippen LogP contribution in [0.5, 0.6) is 5.88 Å². The highest BCUT2D eigenvalue weighted by Gasteiger charge is 2.23. The van der Waals surface area contributed by atoms with Gasteiger partial charge in [-0.3, -0.25) is 0 Å². The van der Waals surface area contributed by atoms with Crippen LogP contribution in [0, 0.1) is 0 Å². The molecule has 7 heteroatoms. The molecule has 2 aromatic heterocycles. The Morgan fingerprint density at radius 3 is 2.95 bits per heavy atom. The van der Waals surface area contributed by atoms with Gasteiger partial charge in [-0.1, -0.05) is 5.16 Å². The first-order chi connectivity index (χ1) is 8.86. The molecule has 1 atom stereocenters. The SMILES string of the molecule is COc1ccc(-c2noc(C3CCNC3)n2)cn1.Cl. The summed E-state index contributed by atoms with van der Waals surface area (Å²) in [7, 11) is 1.58. The lowest BCUT2D eigenvalue weighted by atomic mass is 10.1. The molecule has 0 radical (unpaired) electrons. The normalized spacial score (nSPS) is 18.1. The molecular weight excluding hydrogens is 268 g/mol. The Morgan fingerprint density at radius 1 is 1.42 bits per heavy atom. The van der Waals surface area contributed by atoms with Crippen LogP contribution in [0.25, 0.3) is 11.4 Å². The van der Waals surface area contributed by atoms with E-state index >= 15 is 0 Å². The molecule has 2 aromatic rings. The predicted molar refractivity (Wildman–Crippen MR) is 71.6 cm³/mol. The zero-order valence-corrected chi connectivity index (χ0v) is 11.3. The van der Waals surface area contributed by atoms with E-state index in [4.69, 9.17) is 9.26 Å². The van der Waals surface area contributed by atoms with Crippen LogP contribution in [-0.4, -0.2) is 35.3 Å². The summed E-state index contributed by atoms with van der Waals surface area (Å²) in [6.45, 7) is 1.91. The van der Waals surface area contributed by atoms with Crippen LogP contribution in [-0.2, 0) is 0 Å². The van der Waals surface area contributed by atoms with Crippen molar-refractivity contribution in [1.29, 1.82) is 0 Å². The second kappa shape index (κ2) is 5.99.